The number of hydrogen-bond acceptors (Lipinski definition) is 1. The van der Waals surface area contributed by atoms with Crippen LogP contribution in [0, 0.1) is 11.6 Å². The topological polar surface area (TPSA) is 12.0 Å². The average molecular weight is 340 g/mol. The molecule has 2 aromatic rings. The summed E-state index contributed by atoms with van der Waals surface area (Å²) in [5.41, 5.74) is 1.59. The summed E-state index contributed by atoms with van der Waals surface area (Å²) in [7, 11) is 0. The van der Waals surface area contributed by atoms with Gasteiger partial charge in [-0.2, -0.15) is 0 Å². The fourth-order valence-electron chi connectivity index (χ4n) is 2.18. The standard InChI is InChI=1S/C16H16BrF2N/c1-2-20-15(10-11-6-8-12(18)9-7-11)13-4-3-5-14(17)16(13)19/h3-9,15,20H,2,10H2,1H3. The fraction of sp³-hybridized carbons (Fsp3) is 0.250. The molecule has 0 spiro atoms. The van der Waals surface area contributed by atoms with Crippen LogP contribution in [0.2, 0.25) is 0 Å². The van der Waals surface area contributed by atoms with Gasteiger partial charge in [0.15, 0.2) is 0 Å². The van der Waals surface area contributed by atoms with Gasteiger partial charge in [-0.05, 0) is 52.7 Å². The van der Waals surface area contributed by atoms with E-state index >= 15 is 0 Å². The maximum absolute atomic E-state index is 14.2. The van der Waals surface area contributed by atoms with Crippen molar-refractivity contribution in [2.45, 2.75) is 19.4 Å². The molecule has 2 aromatic carbocycles. The maximum Gasteiger partial charge on any atom is 0.142 e. The first-order valence-electron chi connectivity index (χ1n) is 6.53. The van der Waals surface area contributed by atoms with Gasteiger partial charge >= 0.3 is 0 Å². The molecule has 0 saturated carbocycles. The minimum Gasteiger partial charge on any atom is -0.310 e. The van der Waals surface area contributed by atoms with Crippen LogP contribution in [0.4, 0.5) is 8.78 Å². The quantitative estimate of drug-likeness (QED) is 0.837. The first kappa shape index (κ1) is 15.1. The molecular formula is C16H16BrF2N. The molecular weight excluding hydrogens is 324 g/mol. The Morgan fingerprint density at radius 2 is 1.80 bits per heavy atom. The van der Waals surface area contributed by atoms with E-state index < -0.39 is 0 Å². The van der Waals surface area contributed by atoms with Crippen molar-refractivity contribution in [1.82, 2.24) is 5.32 Å². The summed E-state index contributed by atoms with van der Waals surface area (Å²) in [6.07, 6.45) is 0.613. The van der Waals surface area contributed by atoms with E-state index in [9.17, 15) is 8.78 Å². The SMILES string of the molecule is CCNC(Cc1ccc(F)cc1)c1cccc(Br)c1F. The predicted octanol–water partition coefficient (Wildman–Crippen LogP) is 4.62. The first-order chi connectivity index (χ1) is 9.61. The number of likely N-dealkylation sites (N-methyl/N-ethyl adjacent to an activating group) is 1. The summed E-state index contributed by atoms with van der Waals surface area (Å²) in [4.78, 5) is 0. The maximum atomic E-state index is 14.2. The highest BCUT2D eigenvalue weighted by molar-refractivity contribution is 9.10. The van der Waals surface area contributed by atoms with Gasteiger partial charge < -0.3 is 5.32 Å². The number of halogens is 3. The van der Waals surface area contributed by atoms with Crippen LogP contribution in [-0.4, -0.2) is 6.54 Å². The minimum atomic E-state index is -0.262. The second-order valence-electron chi connectivity index (χ2n) is 4.58. The molecule has 0 aromatic heterocycles. The normalized spacial score (nSPS) is 12.4. The molecule has 1 nitrogen and oxygen atoms in total. The average Bonchev–Trinajstić information content (AvgIpc) is 2.44. The van der Waals surface area contributed by atoms with Crippen LogP contribution in [0.25, 0.3) is 0 Å². The van der Waals surface area contributed by atoms with Crippen LogP contribution < -0.4 is 5.32 Å². The number of rotatable bonds is 5. The molecule has 106 valence electrons. The molecule has 0 aliphatic rings. The Morgan fingerprint density at radius 1 is 1.10 bits per heavy atom. The Hall–Kier alpha value is -1.26. The molecule has 1 unspecified atom stereocenters. The van der Waals surface area contributed by atoms with Gasteiger partial charge in [-0.15, -0.1) is 0 Å². The second-order valence-corrected chi connectivity index (χ2v) is 5.44. The molecule has 0 radical (unpaired) electrons. The smallest absolute Gasteiger partial charge is 0.142 e. The van der Waals surface area contributed by atoms with E-state index in [0.717, 1.165) is 12.1 Å². The van der Waals surface area contributed by atoms with Crippen LogP contribution in [-0.2, 0) is 6.42 Å². The molecule has 20 heavy (non-hydrogen) atoms. The number of hydrogen-bond donors (Lipinski definition) is 1. The molecule has 0 fully saturated rings. The monoisotopic (exact) mass is 339 g/mol. The summed E-state index contributed by atoms with van der Waals surface area (Å²) in [6.45, 7) is 2.71. The Morgan fingerprint density at radius 3 is 2.45 bits per heavy atom. The van der Waals surface area contributed by atoms with Gasteiger partial charge in [0.1, 0.15) is 11.6 Å². The largest absolute Gasteiger partial charge is 0.310 e. The Bertz CT molecular complexity index is 569. The van der Waals surface area contributed by atoms with Crippen molar-refractivity contribution < 1.29 is 8.78 Å². The van der Waals surface area contributed by atoms with Gasteiger partial charge in [-0.25, -0.2) is 8.78 Å². The van der Waals surface area contributed by atoms with E-state index in [1.807, 2.05) is 13.0 Å². The molecule has 0 aliphatic heterocycles. The second kappa shape index (κ2) is 6.95. The van der Waals surface area contributed by atoms with Crippen molar-refractivity contribution in [3.05, 3.63) is 69.7 Å². The molecule has 0 heterocycles. The molecule has 1 N–H and O–H groups in total. The highest BCUT2D eigenvalue weighted by Crippen LogP contribution is 2.26. The van der Waals surface area contributed by atoms with E-state index in [2.05, 4.69) is 21.2 Å². The highest BCUT2D eigenvalue weighted by Gasteiger charge is 2.17. The van der Waals surface area contributed by atoms with Crippen LogP contribution >= 0.6 is 15.9 Å². The van der Waals surface area contributed by atoms with Gasteiger partial charge in [0, 0.05) is 11.6 Å². The number of benzene rings is 2. The van der Waals surface area contributed by atoms with Crippen molar-refractivity contribution in [1.29, 1.82) is 0 Å². The molecule has 2 rings (SSSR count). The highest BCUT2D eigenvalue weighted by atomic mass is 79.9. The molecule has 0 amide bonds. The lowest BCUT2D eigenvalue weighted by Gasteiger charge is -2.19. The van der Waals surface area contributed by atoms with E-state index in [1.54, 1.807) is 24.3 Å². The lowest BCUT2D eigenvalue weighted by atomic mass is 9.98. The van der Waals surface area contributed by atoms with Crippen LogP contribution in [0.5, 0.6) is 0 Å². The first-order valence-corrected chi connectivity index (χ1v) is 7.33. The zero-order valence-electron chi connectivity index (χ0n) is 11.2. The fourth-order valence-corrected chi connectivity index (χ4v) is 2.57. The van der Waals surface area contributed by atoms with Crippen molar-refractivity contribution >= 4 is 15.9 Å². The Labute approximate surface area is 126 Å². The third kappa shape index (κ3) is 3.64. The Balaban J connectivity index is 2.26. The van der Waals surface area contributed by atoms with Crippen molar-refractivity contribution in [3.8, 4) is 0 Å². The number of nitrogens with one attached hydrogen (secondary N) is 1. The third-order valence-electron chi connectivity index (χ3n) is 3.16. The molecule has 4 heteroatoms. The van der Waals surface area contributed by atoms with Gasteiger partial charge in [-0.1, -0.05) is 31.2 Å². The van der Waals surface area contributed by atoms with Crippen LogP contribution in [0.15, 0.2) is 46.9 Å². The van der Waals surface area contributed by atoms with E-state index in [1.165, 1.54) is 12.1 Å². The summed E-state index contributed by atoms with van der Waals surface area (Å²) >= 11 is 3.21. The van der Waals surface area contributed by atoms with E-state index in [0.29, 0.717) is 16.5 Å². The van der Waals surface area contributed by atoms with E-state index in [-0.39, 0.29) is 17.7 Å². The summed E-state index contributed by atoms with van der Waals surface area (Å²) in [6, 6.07) is 11.5. The zero-order valence-corrected chi connectivity index (χ0v) is 12.8. The Kier molecular flexibility index (Phi) is 5.26. The van der Waals surface area contributed by atoms with Crippen molar-refractivity contribution in [3.63, 3.8) is 0 Å². The van der Waals surface area contributed by atoms with Gasteiger partial charge in [0.05, 0.1) is 4.47 Å². The van der Waals surface area contributed by atoms with Gasteiger partial charge in [0.25, 0.3) is 0 Å². The van der Waals surface area contributed by atoms with Crippen molar-refractivity contribution in [2.24, 2.45) is 0 Å². The van der Waals surface area contributed by atoms with Gasteiger partial charge in [0.2, 0.25) is 0 Å². The summed E-state index contributed by atoms with van der Waals surface area (Å²) in [5.74, 6) is -0.511. The lowest BCUT2D eigenvalue weighted by molar-refractivity contribution is 0.507. The summed E-state index contributed by atoms with van der Waals surface area (Å²) < 4.78 is 27.6. The molecule has 0 saturated heterocycles. The predicted molar refractivity (Wildman–Crippen MR) is 80.6 cm³/mol. The van der Waals surface area contributed by atoms with E-state index in [4.69, 9.17) is 0 Å². The molecule has 0 aliphatic carbocycles. The third-order valence-corrected chi connectivity index (χ3v) is 3.77. The van der Waals surface area contributed by atoms with Gasteiger partial charge in [-0.3, -0.25) is 0 Å². The van der Waals surface area contributed by atoms with Crippen LogP contribution in [0.1, 0.15) is 24.1 Å². The minimum absolute atomic E-state index is 0.136. The lowest BCUT2D eigenvalue weighted by Crippen LogP contribution is -2.24. The zero-order chi connectivity index (χ0) is 14.5. The molecule has 1 atom stereocenters. The van der Waals surface area contributed by atoms with Crippen molar-refractivity contribution in [2.75, 3.05) is 6.54 Å². The summed E-state index contributed by atoms with van der Waals surface area (Å²) in [5, 5.41) is 3.28. The van der Waals surface area contributed by atoms with Crippen LogP contribution in [0.3, 0.4) is 0 Å². The molecule has 0 bridgehead atoms.